The highest BCUT2D eigenvalue weighted by molar-refractivity contribution is 6.01. The van der Waals surface area contributed by atoms with Crippen LogP contribution in [0.1, 0.15) is 6.92 Å². The molecule has 0 radical (unpaired) electrons. The number of para-hydroxylation sites is 2. The molecule has 2 rings (SSSR count). The Morgan fingerprint density at radius 1 is 0.905 bits per heavy atom. The van der Waals surface area contributed by atoms with Gasteiger partial charge in [-0.1, -0.05) is 18.2 Å². The lowest BCUT2D eigenvalue weighted by Gasteiger charge is -2.10. The maximum absolute atomic E-state index is 11.8. The summed E-state index contributed by atoms with van der Waals surface area (Å²) in [4.78, 5) is 22.8. The molecule has 0 aliphatic rings. The third-order valence-electron chi connectivity index (χ3n) is 2.59. The minimum absolute atomic E-state index is 0.0142. The van der Waals surface area contributed by atoms with E-state index in [1.54, 1.807) is 42.5 Å². The summed E-state index contributed by atoms with van der Waals surface area (Å²) in [6.07, 6.45) is 0. The van der Waals surface area contributed by atoms with Crippen molar-refractivity contribution in [2.75, 3.05) is 16.0 Å². The smallest absolute Gasteiger partial charge is 0.323 e. The molecule has 0 aliphatic carbocycles. The van der Waals surface area contributed by atoms with E-state index in [2.05, 4.69) is 16.0 Å². The van der Waals surface area contributed by atoms with E-state index in [0.29, 0.717) is 17.1 Å². The molecule has 21 heavy (non-hydrogen) atoms. The van der Waals surface area contributed by atoms with Crippen molar-refractivity contribution in [1.29, 1.82) is 0 Å². The van der Waals surface area contributed by atoms with Gasteiger partial charge in [-0.3, -0.25) is 4.79 Å². The zero-order valence-electron chi connectivity index (χ0n) is 11.4. The Kier molecular flexibility index (Phi) is 4.40. The lowest BCUT2D eigenvalue weighted by molar-refractivity contribution is -0.114. The third kappa shape index (κ3) is 4.24. The number of nitrogens with one attached hydrogen (secondary N) is 3. The number of rotatable bonds is 3. The fourth-order valence-corrected chi connectivity index (χ4v) is 1.74. The zero-order chi connectivity index (χ0) is 15.2. The van der Waals surface area contributed by atoms with Crippen molar-refractivity contribution in [2.45, 2.75) is 6.92 Å². The standard InChI is InChI=1S/C15H15N3O3/c1-10(19)16-11-5-4-6-12(9-11)17-15(21)18-13-7-2-3-8-14(13)20/h2-9,20H,1H3,(H,16,19)(H2,17,18,21). The number of hydrogen-bond donors (Lipinski definition) is 4. The van der Waals surface area contributed by atoms with Gasteiger partial charge in [0.25, 0.3) is 0 Å². The number of hydrogen-bond acceptors (Lipinski definition) is 3. The predicted molar refractivity (Wildman–Crippen MR) is 81.5 cm³/mol. The lowest BCUT2D eigenvalue weighted by atomic mass is 10.2. The molecule has 6 heteroatoms. The number of phenols is 1. The molecule has 108 valence electrons. The van der Waals surface area contributed by atoms with Crippen LogP contribution in [0.15, 0.2) is 48.5 Å². The molecule has 4 N–H and O–H groups in total. The summed E-state index contributed by atoms with van der Waals surface area (Å²) in [6.45, 7) is 1.41. The molecule has 0 saturated carbocycles. The Balaban J connectivity index is 2.03. The van der Waals surface area contributed by atoms with E-state index in [-0.39, 0.29) is 11.7 Å². The number of carbonyl (C=O) groups is 2. The van der Waals surface area contributed by atoms with Gasteiger partial charge in [-0.25, -0.2) is 4.79 Å². The first-order valence-electron chi connectivity index (χ1n) is 6.28. The van der Waals surface area contributed by atoms with E-state index >= 15 is 0 Å². The summed E-state index contributed by atoms with van der Waals surface area (Å²) in [5, 5.41) is 17.4. The maximum atomic E-state index is 11.8. The number of benzene rings is 2. The van der Waals surface area contributed by atoms with Crippen LogP contribution in [0.25, 0.3) is 0 Å². The highest BCUT2D eigenvalue weighted by Crippen LogP contribution is 2.22. The number of aromatic hydroxyl groups is 1. The Bertz CT molecular complexity index is 671. The van der Waals surface area contributed by atoms with Crippen LogP contribution < -0.4 is 16.0 Å². The van der Waals surface area contributed by atoms with E-state index < -0.39 is 6.03 Å². The van der Waals surface area contributed by atoms with Crippen molar-refractivity contribution >= 4 is 29.0 Å². The van der Waals surface area contributed by atoms with Gasteiger partial charge in [0, 0.05) is 18.3 Å². The van der Waals surface area contributed by atoms with Crippen molar-refractivity contribution in [1.82, 2.24) is 0 Å². The molecule has 2 aromatic carbocycles. The summed E-state index contributed by atoms with van der Waals surface area (Å²) in [6, 6.07) is 12.7. The SMILES string of the molecule is CC(=O)Nc1cccc(NC(=O)Nc2ccccc2O)c1. The second kappa shape index (κ2) is 6.42. The van der Waals surface area contributed by atoms with Crippen LogP contribution in [-0.2, 0) is 4.79 Å². The predicted octanol–water partition coefficient (Wildman–Crippen LogP) is 2.99. The van der Waals surface area contributed by atoms with E-state index in [0.717, 1.165) is 0 Å². The second-order valence-electron chi connectivity index (χ2n) is 4.36. The van der Waals surface area contributed by atoms with E-state index in [9.17, 15) is 14.7 Å². The van der Waals surface area contributed by atoms with E-state index in [1.807, 2.05) is 0 Å². The minimum atomic E-state index is -0.489. The average Bonchev–Trinajstić information content (AvgIpc) is 2.41. The molecule has 0 heterocycles. The van der Waals surface area contributed by atoms with Crippen molar-refractivity contribution < 1.29 is 14.7 Å². The first-order valence-corrected chi connectivity index (χ1v) is 6.28. The van der Waals surface area contributed by atoms with Crippen LogP contribution in [-0.4, -0.2) is 17.0 Å². The molecule has 0 atom stereocenters. The van der Waals surface area contributed by atoms with Crippen LogP contribution in [0.2, 0.25) is 0 Å². The largest absolute Gasteiger partial charge is 0.506 e. The zero-order valence-corrected chi connectivity index (χ0v) is 11.4. The third-order valence-corrected chi connectivity index (χ3v) is 2.59. The maximum Gasteiger partial charge on any atom is 0.323 e. The van der Waals surface area contributed by atoms with Crippen LogP contribution in [0.5, 0.6) is 5.75 Å². The van der Waals surface area contributed by atoms with Gasteiger partial charge in [-0.2, -0.15) is 0 Å². The normalized spacial score (nSPS) is 9.76. The summed E-state index contributed by atoms with van der Waals surface area (Å²) in [5.74, 6) is -0.203. The summed E-state index contributed by atoms with van der Waals surface area (Å²) >= 11 is 0. The fraction of sp³-hybridized carbons (Fsp3) is 0.0667. The van der Waals surface area contributed by atoms with Crippen molar-refractivity contribution in [3.63, 3.8) is 0 Å². The molecule has 0 aromatic heterocycles. The molecule has 0 fully saturated rings. The highest BCUT2D eigenvalue weighted by Gasteiger charge is 2.06. The van der Waals surface area contributed by atoms with Gasteiger partial charge in [0.05, 0.1) is 5.69 Å². The van der Waals surface area contributed by atoms with Gasteiger partial charge in [0.2, 0.25) is 5.91 Å². The molecule has 2 aromatic rings. The van der Waals surface area contributed by atoms with E-state index in [4.69, 9.17) is 0 Å². The van der Waals surface area contributed by atoms with Crippen LogP contribution in [0, 0.1) is 0 Å². The van der Waals surface area contributed by atoms with Crippen molar-refractivity contribution in [3.8, 4) is 5.75 Å². The molecular weight excluding hydrogens is 270 g/mol. The fourth-order valence-electron chi connectivity index (χ4n) is 1.74. The summed E-state index contributed by atoms with van der Waals surface area (Å²) < 4.78 is 0. The monoisotopic (exact) mass is 285 g/mol. The number of anilines is 3. The highest BCUT2D eigenvalue weighted by atomic mass is 16.3. The molecule has 0 saturated heterocycles. The summed E-state index contributed by atoms with van der Waals surface area (Å²) in [5.41, 5.74) is 1.42. The first-order chi connectivity index (χ1) is 10.0. The van der Waals surface area contributed by atoms with Crippen LogP contribution in [0.3, 0.4) is 0 Å². The van der Waals surface area contributed by atoms with Gasteiger partial charge in [0.1, 0.15) is 5.75 Å². The molecular formula is C15H15N3O3. The van der Waals surface area contributed by atoms with Gasteiger partial charge in [-0.15, -0.1) is 0 Å². The van der Waals surface area contributed by atoms with Crippen molar-refractivity contribution in [3.05, 3.63) is 48.5 Å². The second-order valence-corrected chi connectivity index (χ2v) is 4.36. The number of carbonyl (C=O) groups excluding carboxylic acids is 2. The van der Waals surface area contributed by atoms with Gasteiger partial charge < -0.3 is 21.1 Å². The summed E-state index contributed by atoms with van der Waals surface area (Å²) in [7, 11) is 0. The molecule has 0 aliphatic heterocycles. The molecule has 0 bridgehead atoms. The Labute approximate surface area is 121 Å². The number of amides is 3. The van der Waals surface area contributed by atoms with Crippen LogP contribution in [0.4, 0.5) is 21.9 Å². The van der Waals surface area contributed by atoms with Gasteiger partial charge in [0.15, 0.2) is 0 Å². The average molecular weight is 285 g/mol. The Morgan fingerprint density at radius 2 is 1.57 bits per heavy atom. The molecule has 6 nitrogen and oxygen atoms in total. The van der Waals surface area contributed by atoms with Crippen LogP contribution >= 0.6 is 0 Å². The van der Waals surface area contributed by atoms with Gasteiger partial charge >= 0.3 is 6.03 Å². The minimum Gasteiger partial charge on any atom is -0.506 e. The van der Waals surface area contributed by atoms with E-state index in [1.165, 1.54) is 13.0 Å². The quantitative estimate of drug-likeness (QED) is 0.653. The molecule has 3 amide bonds. The first kappa shape index (κ1) is 14.4. The van der Waals surface area contributed by atoms with Gasteiger partial charge in [-0.05, 0) is 30.3 Å². The Morgan fingerprint density at radius 3 is 2.24 bits per heavy atom. The topological polar surface area (TPSA) is 90.5 Å². The lowest BCUT2D eigenvalue weighted by Crippen LogP contribution is -2.19. The van der Waals surface area contributed by atoms with Crippen molar-refractivity contribution in [2.24, 2.45) is 0 Å². The number of urea groups is 1. The molecule has 0 unspecified atom stereocenters. The Hall–Kier alpha value is -3.02. The molecule has 0 spiro atoms. The number of phenolic OH excluding ortho intramolecular Hbond substituents is 1.